The van der Waals surface area contributed by atoms with E-state index >= 15 is 0 Å². The summed E-state index contributed by atoms with van der Waals surface area (Å²) in [6, 6.07) is 8.33. The lowest BCUT2D eigenvalue weighted by Crippen LogP contribution is -2.49. The van der Waals surface area contributed by atoms with Crippen molar-refractivity contribution in [3.63, 3.8) is 0 Å². The van der Waals surface area contributed by atoms with Crippen molar-refractivity contribution >= 4 is 17.3 Å². The van der Waals surface area contributed by atoms with Crippen molar-refractivity contribution in [3.8, 4) is 0 Å². The fourth-order valence-electron chi connectivity index (χ4n) is 3.33. The van der Waals surface area contributed by atoms with E-state index in [1.54, 1.807) is 12.4 Å². The van der Waals surface area contributed by atoms with E-state index in [1.807, 2.05) is 11.0 Å². The molecule has 0 radical (unpaired) electrons. The van der Waals surface area contributed by atoms with E-state index in [0.29, 0.717) is 5.56 Å². The lowest BCUT2D eigenvalue weighted by atomic mass is 10.1. The molecular formula is C21H28N4O. The summed E-state index contributed by atoms with van der Waals surface area (Å²) < 4.78 is 0. The number of aromatic nitrogens is 1. The van der Waals surface area contributed by atoms with Gasteiger partial charge in [0.1, 0.15) is 0 Å². The Balaban J connectivity index is 1.64. The summed E-state index contributed by atoms with van der Waals surface area (Å²) in [6.07, 6.45) is 4.47. The fraction of sp³-hybridized carbons (Fsp3) is 0.429. The second kappa shape index (κ2) is 8.21. The number of carbonyl (C=O) groups is 1. The topological polar surface area (TPSA) is 48.5 Å². The van der Waals surface area contributed by atoms with Crippen LogP contribution in [0.2, 0.25) is 0 Å². The SMILES string of the molecule is CCCNc1cncc(C(=O)N2CCN(c3cccc(C)c3C)CC2)c1. The van der Waals surface area contributed by atoms with Gasteiger partial charge in [-0.25, -0.2) is 0 Å². The molecule has 3 rings (SSSR count). The maximum absolute atomic E-state index is 12.8. The summed E-state index contributed by atoms with van der Waals surface area (Å²) in [5.41, 5.74) is 5.48. The van der Waals surface area contributed by atoms with E-state index in [2.05, 4.69) is 54.2 Å². The first kappa shape index (κ1) is 18.2. The number of benzene rings is 1. The lowest BCUT2D eigenvalue weighted by molar-refractivity contribution is 0.0746. The van der Waals surface area contributed by atoms with Crippen LogP contribution in [0.15, 0.2) is 36.7 Å². The largest absolute Gasteiger partial charge is 0.384 e. The smallest absolute Gasteiger partial charge is 0.255 e. The molecule has 1 aromatic heterocycles. The van der Waals surface area contributed by atoms with Gasteiger partial charge in [-0.3, -0.25) is 9.78 Å². The summed E-state index contributed by atoms with van der Waals surface area (Å²) in [5, 5.41) is 3.29. The second-order valence-corrected chi connectivity index (χ2v) is 6.89. The Kier molecular flexibility index (Phi) is 5.76. The monoisotopic (exact) mass is 352 g/mol. The molecule has 1 aromatic carbocycles. The Morgan fingerprint density at radius 1 is 1.15 bits per heavy atom. The molecule has 1 aliphatic heterocycles. The number of amides is 1. The number of nitrogens with one attached hydrogen (secondary N) is 1. The number of hydrogen-bond donors (Lipinski definition) is 1. The quantitative estimate of drug-likeness (QED) is 0.895. The Morgan fingerprint density at radius 3 is 2.65 bits per heavy atom. The molecule has 0 unspecified atom stereocenters. The number of carbonyl (C=O) groups excluding carboxylic acids is 1. The van der Waals surface area contributed by atoms with Gasteiger partial charge in [0, 0.05) is 50.8 Å². The van der Waals surface area contributed by atoms with Crippen molar-refractivity contribution in [2.24, 2.45) is 0 Å². The highest BCUT2D eigenvalue weighted by Crippen LogP contribution is 2.24. The molecule has 0 bridgehead atoms. The van der Waals surface area contributed by atoms with E-state index < -0.39 is 0 Å². The Bertz CT molecular complexity index is 766. The molecule has 1 amide bonds. The maximum Gasteiger partial charge on any atom is 0.255 e. The molecule has 5 nitrogen and oxygen atoms in total. The molecular weight excluding hydrogens is 324 g/mol. The van der Waals surface area contributed by atoms with E-state index in [-0.39, 0.29) is 5.91 Å². The van der Waals surface area contributed by atoms with Crippen LogP contribution in [0, 0.1) is 13.8 Å². The average molecular weight is 352 g/mol. The minimum atomic E-state index is 0.0678. The van der Waals surface area contributed by atoms with Crippen LogP contribution in [-0.2, 0) is 0 Å². The van der Waals surface area contributed by atoms with Gasteiger partial charge < -0.3 is 15.1 Å². The van der Waals surface area contributed by atoms with Gasteiger partial charge >= 0.3 is 0 Å². The molecule has 26 heavy (non-hydrogen) atoms. The highest BCUT2D eigenvalue weighted by atomic mass is 16.2. The minimum Gasteiger partial charge on any atom is -0.384 e. The van der Waals surface area contributed by atoms with Crippen molar-refractivity contribution in [1.82, 2.24) is 9.88 Å². The average Bonchev–Trinajstić information content (AvgIpc) is 2.68. The zero-order valence-corrected chi connectivity index (χ0v) is 16.0. The van der Waals surface area contributed by atoms with Gasteiger partial charge in [-0.15, -0.1) is 0 Å². The van der Waals surface area contributed by atoms with Gasteiger partial charge in [-0.2, -0.15) is 0 Å². The van der Waals surface area contributed by atoms with Crippen LogP contribution in [-0.4, -0.2) is 48.5 Å². The van der Waals surface area contributed by atoms with Crippen LogP contribution in [0.5, 0.6) is 0 Å². The summed E-state index contributed by atoms with van der Waals surface area (Å²) in [7, 11) is 0. The number of rotatable bonds is 5. The Morgan fingerprint density at radius 2 is 1.92 bits per heavy atom. The molecule has 1 aliphatic rings. The fourth-order valence-corrected chi connectivity index (χ4v) is 3.33. The highest BCUT2D eigenvalue weighted by molar-refractivity contribution is 5.95. The third-order valence-corrected chi connectivity index (χ3v) is 5.05. The first-order valence-corrected chi connectivity index (χ1v) is 9.39. The number of aryl methyl sites for hydroxylation is 1. The van der Waals surface area contributed by atoms with Crippen molar-refractivity contribution in [1.29, 1.82) is 0 Å². The van der Waals surface area contributed by atoms with Crippen molar-refractivity contribution < 1.29 is 4.79 Å². The predicted molar refractivity (Wildman–Crippen MR) is 107 cm³/mol. The number of pyridine rings is 1. The zero-order valence-electron chi connectivity index (χ0n) is 16.0. The zero-order chi connectivity index (χ0) is 18.5. The Hall–Kier alpha value is -2.56. The van der Waals surface area contributed by atoms with Crippen LogP contribution in [0.25, 0.3) is 0 Å². The molecule has 5 heteroatoms. The minimum absolute atomic E-state index is 0.0678. The molecule has 0 spiro atoms. The van der Waals surface area contributed by atoms with Gasteiger partial charge in [-0.05, 0) is 43.5 Å². The van der Waals surface area contributed by atoms with Crippen LogP contribution in [0.4, 0.5) is 11.4 Å². The second-order valence-electron chi connectivity index (χ2n) is 6.89. The number of hydrogen-bond acceptors (Lipinski definition) is 4. The highest BCUT2D eigenvalue weighted by Gasteiger charge is 2.23. The molecule has 2 heterocycles. The number of nitrogens with zero attached hydrogens (tertiary/aromatic N) is 3. The lowest BCUT2D eigenvalue weighted by Gasteiger charge is -2.37. The van der Waals surface area contributed by atoms with Gasteiger partial charge in [0.2, 0.25) is 0 Å². The standard InChI is InChI=1S/C21H28N4O/c1-4-8-23-19-13-18(14-22-15-19)21(26)25-11-9-24(10-12-25)20-7-5-6-16(2)17(20)3/h5-7,13-15,23H,4,8-12H2,1-3H3. The van der Waals surface area contributed by atoms with Crippen molar-refractivity contribution in [2.75, 3.05) is 42.9 Å². The molecule has 0 aliphatic carbocycles. The summed E-state index contributed by atoms with van der Waals surface area (Å²) in [4.78, 5) is 21.4. The van der Waals surface area contributed by atoms with E-state index in [9.17, 15) is 4.79 Å². The van der Waals surface area contributed by atoms with Gasteiger partial charge in [0.25, 0.3) is 5.91 Å². The number of anilines is 2. The van der Waals surface area contributed by atoms with E-state index in [4.69, 9.17) is 0 Å². The normalized spacial score (nSPS) is 14.4. The molecule has 1 saturated heterocycles. The van der Waals surface area contributed by atoms with E-state index in [0.717, 1.165) is 44.8 Å². The summed E-state index contributed by atoms with van der Waals surface area (Å²) in [6.45, 7) is 10.5. The van der Waals surface area contributed by atoms with Gasteiger partial charge in [0.05, 0.1) is 11.3 Å². The van der Waals surface area contributed by atoms with E-state index in [1.165, 1.54) is 16.8 Å². The first-order chi connectivity index (χ1) is 12.6. The Labute approximate surface area is 156 Å². The van der Waals surface area contributed by atoms with Crippen LogP contribution >= 0.6 is 0 Å². The van der Waals surface area contributed by atoms with Gasteiger partial charge in [0.15, 0.2) is 0 Å². The number of piperazine rings is 1. The first-order valence-electron chi connectivity index (χ1n) is 9.39. The summed E-state index contributed by atoms with van der Waals surface area (Å²) >= 11 is 0. The van der Waals surface area contributed by atoms with Crippen LogP contribution in [0.1, 0.15) is 34.8 Å². The maximum atomic E-state index is 12.8. The van der Waals surface area contributed by atoms with Crippen molar-refractivity contribution in [2.45, 2.75) is 27.2 Å². The van der Waals surface area contributed by atoms with Crippen LogP contribution in [0.3, 0.4) is 0 Å². The molecule has 1 fully saturated rings. The molecule has 1 N–H and O–H groups in total. The van der Waals surface area contributed by atoms with Crippen molar-refractivity contribution in [3.05, 3.63) is 53.3 Å². The third kappa shape index (κ3) is 3.98. The third-order valence-electron chi connectivity index (χ3n) is 5.05. The molecule has 0 atom stereocenters. The molecule has 138 valence electrons. The molecule has 2 aromatic rings. The van der Waals surface area contributed by atoms with Gasteiger partial charge in [-0.1, -0.05) is 19.1 Å². The predicted octanol–water partition coefficient (Wildman–Crippen LogP) is 3.48. The summed E-state index contributed by atoms with van der Waals surface area (Å²) in [5.74, 6) is 0.0678. The van der Waals surface area contributed by atoms with Crippen LogP contribution < -0.4 is 10.2 Å². The molecule has 0 saturated carbocycles.